The van der Waals surface area contributed by atoms with E-state index >= 15 is 0 Å². The molecule has 0 saturated heterocycles. The average molecular weight is 342 g/mol. The predicted molar refractivity (Wildman–Crippen MR) is 67.2 cm³/mol. The molecule has 3 nitrogen and oxygen atoms in total. The van der Waals surface area contributed by atoms with Crippen LogP contribution in [-0.4, -0.2) is 25.0 Å². The number of sulfone groups is 1. The van der Waals surface area contributed by atoms with E-state index in [2.05, 4.69) is 6.58 Å². The summed E-state index contributed by atoms with van der Waals surface area (Å²) in [4.78, 5) is -1.33. The van der Waals surface area contributed by atoms with Gasteiger partial charge in [0.15, 0.2) is 0 Å². The van der Waals surface area contributed by atoms with Gasteiger partial charge in [-0.25, -0.2) is 17.2 Å². The Balaban J connectivity index is 2.77. The quantitative estimate of drug-likeness (QED) is 0.679. The summed E-state index contributed by atoms with van der Waals surface area (Å²) in [7, 11) is -5.84. The van der Waals surface area contributed by atoms with Crippen LogP contribution < -0.4 is 0 Å². The van der Waals surface area contributed by atoms with Crippen LogP contribution in [0.15, 0.2) is 29.7 Å². The number of halogens is 5. The Bertz CT molecular complexity index is 722. The number of allylic oxidation sites excluding steroid dienone is 1. The van der Waals surface area contributed by atoms with E-state index in [0.29, 0.717) is 6.07 Å². The van der Waals surface area contributed by atoms with E-state index in [0.717, 1.165) is 6.07 Å². The Morgan fingerprint density at radius 2 is 1.95 bits per heavy atom. The minimum atomic E-state index is -5.84. The van der Waals surface area contributed by atoms with Crippen LogP contribution in [0.1, 0.15) is 22.8 Å². The van der Waals surface area contributed by atoms with Crippen LogP contribution in [0.25, 0.3) is 0 Å². The van der Waals surface area contributed by atoms with Crippen molar-refractivity contribution in [2.45, 2.75) is 35.3 Å². The van der Waals surface area contributed by atoms with Crippen molar-refractivity contribution < 1.29 is 35.5 Å². The molecule has 0 radical (unpaired) electrons. The summed E-state index contributed by atoms with van der Waals surface area (Å²) in [6.07, 6.45) is -2.21. The van der Waals surface area contributed by atoms with Crippen LogP contribution in [0.2, 0.25) is 0 Å². The highest BCUT2D eigenvalue weighted by Gasteiger charge is 2.54. The molecule has 1 unspecified atom stereocenters. The van der Waals surface area contributed by atoms with Crippen molar-refractivity contribution in [1.82, 2.24) is 0 Å². The van der Waals surface area contributed by atoms with Gasteiger partial charge in [-0.15, -0.1) is 6.58 Å². The molecule has 9 heteroatoms. The van der Waals surface area contributed by atoms with Crippen molar-refractivity contribution in [3.8, 4) is 0 Å². The number of aliphatic hydroxyl groups excluding tert-OH is 1. The van der Waals surface area contributed by atoms with E-state index in [9.17, 15) is 35.5 Å². The van der Waals surface area contributed by atoms with Gasteiger partial charge in [-0.1, -0.05) is 12.1 Å². The smallest absolute Gasteiger partial charge is 0.382 e. The molecule has 0 aromatic heterocycles. The summed E-state index contributed by atoms with van der Waals surface area (Å²) in [5, 5.41) is 9.60. The molecule has 122 valence electrons. The van der Waals surface area contributed by atoms with Gasteiger partial charge < -0.3 is 5.11 Å². The maximum Gasteiger partial charge on any atom is 0.501 e. The molecule has 1 aliphatic rings. The summed E-state index contributed by atoms with van der Waals surface area (Å²) in [6.45, 7) is 3.40. The highest BCUT2D eigenvalue weighted by Crippen LogP contribution is 2.48. The zero-order valence-corrected chi connectivity index (χ0v) is 11.8. The molecule has 22 heavy (non-hydrogen) atoms. The lowest BCUT2D eigenvalue weighted by Crippen LogP contribution is -2.26. The minimum Gasteiger partial charge on any atom is -0.382 e. The lowest BCUT2D eigenvalue weighted by Gasteiger charge is -2.17. The summed E-state index contributed by atoms with van der Waals surface area (Å²) < 4.78 is 88.5. The number of rotatable bonds is 3. The standard InChI is InChI=1S/C13H11F5O3S/c1-2-3-7-4-5-9(22(20,21)13(16,17)18)10-8(7)6-12(14,15)11(10)19/h2,4-5,11,19H,1,3,6H2. The second-order valence-electron chi connectivity index (χ2n) is 4.90. The average Bonchev–Trinajstić information content (AvgIpc) is 2.61. The topological polar surface area (TPSA) is 54.4 Å². The zero-order chi connectivity index (χ0) is 16.9. The molecule has 0 saturated carbocycles. The van der Waals surface area contributed by atoms with E-state index in [1.807, 2.05) is 0 Å². The van der Waals surface area contributed by atoms with Crippen molar-refractivity contribution in [1.29, 1.82) is 0 Å². The second-order valence-corrected chi connectivity index (χ2v) is 6.81. The molecule has 0 spiro atoms. The molecule has 1 aromatic carbocycles. The lowest BCUT2D eigenvalue weighted by molar-refractivity contribution is -0.0978. The fraction of sp³-hybridized carbons (Fsp3) is 0.385. The Morgan fingerprint density at radius 1 is 1.36 bits per heavy atom. The lowest BCUT2D eigenvalue weighted by atomic mass is 10.0. The maximum atomic E-state index is 13.7. The number of hydrogen-bond donors (Lipinski definition) is 1. The molecule has 0 aliphatic heterocycles. The third-order valence-corrected chi connectivity index (χ3v) is 5.00. The molecule has 0 amide bonds. The first kappa shape index (κ1) is 16.9. The fourth-order valence-electron chi connectivity index (χ4n) is 2.45. The van der Waals surface area contributed by atoms with E-state index in [4.69, 9.17) is 0 Å². The van der Waals surface area contributed by atoms with E-state index < -0.39 is 44.3 Å². The number of alkyl halides is 5. The van der Waals surface area contributed by atoms with Crippen LogP contribution in [0.3, 0.4) is 0 Å². The van der Waals surface area contributed by atoms with Gasteiger partial charge in [-0.2, -0.15) is 13.2 Å². The van der Waals surface area contributed by atoms with E-state index in [1.54, 1.807) is 0 Å². The molecule has 1 atom stereocenters. The highest BCUT2D eigenvalue weighted by atomic mass is 32.2. The molecule has 0 fully saturated rings. The van der Waals surface area contributed by atoms with Crippen LogP contribution in [0.4, 0.5) is 22.0 Å². The van der Waals surface area contributed by atoms with Crippen molar-refractivity contribution in [3.05, 3.63) is 41.5 Å². The number of benzene rings is 1. The minimum absolute atomic E-state index is 0.0669. The normalized spacial score (nSPS) is 20.7. The third kappa shape index (κ3) is 2.41. The van der Waals surface area contributed by atoms with E-state index in [-0.39, 0.29) is 17.5 Å². The maximum absolute atomic E-state index is 13.7. The third-order valence-electron chi connectivity index (χ3n) is 3.46. The first-order valence-electron chi connectivity index (χ1n) is 6.06. The van der Waals surface area contributed by atoms with Gasteiger partial charge in [0.1, 0.15) is 6.10 Å². The van der Waals surface area contributed by atoms with Gasteiger partial charge in [0.05, 0.1) is 4.90 Å². The predicted octanol–water partition coefficient (Wildman–Crippen LogP) is 2.93. The molecular formula is C13H11F5O3S. The Kier molecular flexibility index (Phi) is 3.85. The van der Waals surface area contributed by atoms with Gasteiger partial charge in [0, 0.05) is 12.0 Å². The van der Waals surface area contributed by atoms with Crippen LogP contribution in [-0.2, 0) is 22.7 Å². The molecular weight excluding hydrogens is 331 g/mol. The molecule has 0 bridgehead atoms. The monoisotopic (exact) mass is 342 g/mol. The summed E-state index contributed by atoms with van der Waals surface area (Å²) in [5.74, 6) is -3.73. The Hall–Kier alpha value is -1.48. The summed E-state index contributed by atoms with van der Waals surface area (Å²) in [6, 6.07) is 1.64. The molecule has 1 N–H and O–H groups in total. The summed E-state index contributed by atoms with van der Waals surface area (Å²) >= 11 is 0. The zero-order valence-electron chi connectivity index (χ0n) is 11.0. The number of hydrogen-bond acceptors (Lipinski definition) is 3. The molecule has 1 aliphatic carbocycles. The van der Waals surface area contributed by atoms with Gasteiger partial charge in [0.25, 0.3) is 15.8 Å². The Morgan fingerprint density at radius 3 is 2.45 bits per heavy atom. The first-order valence-corrected chi connectivity index (χ1v) is 7.54. The highest BCUT2D eigenvalue weighted by molar-refractivity contribution is 7.92. The number of aliphatic hydroxyl groups is 1. The van der Waals surface area contributed by atoms with Crippen LogP contribution in [0.5, 0.6) is 0 Å². The largest absolute Gasteiger partial charge is 0.501 e. The van der Waals surface area contributed by atoms with Crippen molar-refractivity contribution in [2.75, 3.05) is 0 Å². The van der Waals surface area contributed by atoms with Gasteiger partial charge in [-0.3, -0.25) is 0 Å². The van der Waals surface area contributed by atoms with Gasteiger partial charge >= 0.3 is 5.51 Å². The first-order chi connectivity index (χ1) is 9.93. The SMILES string of the molecule is C=CCc1ccc(S(=O)(=O)C(F)(F)F)c2c1CC(F)(F)C2O. The van der Waals surface area contributed by atoms with Gasteiger partial charge in [0.2, 0.25) is 0 Å². The van der Waals surface area contributed by atoms with Crippen molar-refractivity contribution in [3.63, 3.8) is 0 Å². The Labute approximate surface area is 123 Å². The van der Waals surface area contributed by atoms with Crippen LogP contribution >= 0.6 is 0 Å². The molecule has 2 rings (SSSR count). The van der Waals surface area contributed by atoms with Gasteiger partial charge in [-0.05, 0) is 23.6 Å². The summed E-state index contributed by atoms with van der Waals surface area (Å²) in [5.41, 5.74) is -6.58. The van der Waals surface area contributed by atoms with Crippen molar-refractivity contribution >= 4 is 9.84 Å². The molecule has 0 heterocycles. The van der Waals surface area contributed by atoms with Crippen molar-refractivity contribution in [2.24, 2.45) is 0 Å². The fourth-order valence-corrected chi connectivity index (χ4v) is 3.47. The number of fused-ring (bicyclic) bond motifs is 1. The second kappa shape index (κ2) is 5.02. The molecule has 1 aromatic rings. The van der Waals surface area contributed by atoms with Crippen LogP contribution in [0, 0.1) is 0 Å². The van der Waals surface area contributed by atoms with E-state index in [1.165, 1.54) is 6.08 Å².